The van der Waals surface area contributed by atoms with Crippen LogP contribution in [0.25, 0.3) is 55.0 Å². The van der Waals surface area contributed by atoms with Crippen LogP contribution in [-0.2, 0) is 0 Å². The summed E-state index contributed by atoms with van der Waals surface area (Å²) in [4.78, 5) is 0. The van der Waals surface area contributed by atoms with Gasteiger partial charge in [-0.15, -0.1) is 0 Å². The fraction of sp³-hybridized carbons (Fsp3) is 0. The third-order valence-corrected chi connectivity index (χ3v) is 8.97. The first kappa shape index (κ1) is 20.7. The lowest BCUT2D eigenvalue weighted by Crippen LogP contribution is -2.58. The molecule has 2 aliphatic heterocycles. The first-order valence-corrected chi connectivity index (χ1v) is 13.8. The lowest BCUT2D eigenvalue weighted by atomic mass is 9.34. The fourth-order valence-electron chi connectivity index (χ4n) is 7.43. The van der Waals surface area contributed by atoms with Crippen LogP contribution in [0.15, 0.2) is 127 Å². The molecule has 40 heavy (non-hydrogen) atoms. The summed E-state index contributed by atoms with van der Waals surface area (Å²) in [5.41, 5.74) is 11.1. The predicted octanol–water partition coefficient (Wildman–Crippen LogP) is 6.82. The summed E-state index contributed by atoms with van der Waals surface area (Å²) in [6, 6.07) is 46.1. The van der Waals surface area contributed by atoms with Gasteiger partial charge >= 0.3 is 0 Å². The minimum absolute atomic E-state index is 0.0866. The molecule has 0 saturated heterocycles. The molecule has 8 aromatic rings. The average Bonchev–Trinajstić information content (AvgIpc) is 3.53. The molecule has 184 valence electrons. The molecule has 10 rings (SSSR count). The Kier molecular flexibility index (Phi) is 3.75. The number of benzene rings is 6. The summed E-state index contributed by atoms with van der Waals surface area (Å²) in [5, 5.41) is 5.13. The molecule has 0 fully saturated rings. The molecular weight excluding hydrogens is 487 g/mol. The van der Waals surface area contributed by atoms with Gasteiger partial charge in [0.15, 0.2) is 0 Å². The molecule has 0 saturated carbocycles. The first-order chi connectivity index (χ1) is 19.9. The van der Waals surface area contributed by atoms with Crippen LogP contribution in [-0.4, -0.2) is 15.8 Å². The maximum Gasteiger partial charge on any atom is 0.256 e. The van der Waals surface area contributed by atoms with Gasteiger partial charge in [-0.1, -0.05) is 78.9 Å². The van der Waals surface area contributed by atoms with Gasteiger partial charge in [0.25, 0.3) is 6.71 Å². The monoisotopic (exact) mass is 508 g/mol. The molecule has 0 amide bonds. The summed E-state index contributed by atoms with van der Waals surface area (Å²) in [5.74, 6) is 1.88. The fourth-order valence-corrected chi connectivity index (χ4v) is 7.43. The van der Waals surface area contributed by atoms with E-state index in [4.69, 9.17) is 4.74 Å². The van der Waals surface area contributed by atoms with Crippen molar-refractivity contribution in [3.05, 3.63) is 127 Å². The SMILES string of the molecule is c1cc2c3c(c1)-n1c4ccccc4c4cccc(c41)B3c1cc(-n3c4ccccc4c4ccccc43)ccc1O2. The molecule has 4 heteroatoms. The van der Waals surface area contributed by atoms with E-state index in [1.165, 1.54) is 65.7 Å². The molecule has 0 atom stereocenters. The van der Waals surface area contributed by atoms with Crippen LogP contribution in [0.5, 0.6) is 11.5 Å². The number of nitrogens with zero attached hydrogens (tertiary/aromatic N) is 2. The minimum Gasteiger partial charge on any atom is -0.458 e. The summed E-state index contributed by atoms with van der Waals surface area (Å²) in [6.07, 6.45) is 0. The molecule has 0 radical (unpaired) electrons. The molecule has 0 N–H and O–H groups in total. The second kappa shape index (κ2) is 7.25. The number of aromatic nitrogens is 2. The van der Waals surface area contributed by atoms with E-state index in [-0.39, 0.29) is 6.71 Å². The predicted molar refractivity (Wildman–Crippen MR) is 166 cm³/mol. The molecule has 3 nitrogen and oxygen atoms in total. The van der Waals surface area contributed by atoms with Crippen molar-refractivity contribution in [1.29, 1.82) is 0 Å². The second-order valence-corrected chi connectivity index (χ2v) is 10.9. The number of hydrogen-bond acceptors (Lipinski definition) is 1. The maximum atomic E-state index is 6.65. The van der Waals surface area contributed by atoms with Crippen LogP contribution in [0.3, 0.4) is 0 Å². The Labute approximate surface area is 230 Å². The van der Waals surface area contributed by atoms with E-state index < -0.39 is 0 Å². The van der Waals surface area contributed by atoms with Crippen LogP contribution in [0, 0.1) is 0 Å². The van der Waals surface area contributed by atoms with Gasteiger partial charge in [-0.3, -0.25) is 0 Å². The number of hydrogen-bond donors (Lipinski definition) is 0. The van der Waals surface area contributed by atoms with Crippen LogP contribution in [0.1, 0.15) is 0 Å². The van der Waals surface area contributed by atoms with Crippen LogP contribution in [0.4, 0.5) is 0 Å². The molecule has 0 unspecified atom stereocenters. The van der Waals surface area contributed by atoms with Gasteiger partial charge in [-0.2, -0.15) is 0 Å². The standard InChI is InChI=1S/C36H21BN2O/c1-4-14-29-23(9-1)24-10-2-5-15-30(24)38(29)22-19-20-33-28(21-22)37-27-13-7-12-26-25-11-3-6-16-31(25)39(36(26)27)32-17-8-18-34(40-33)35(32)37/h1-21H. The summed E-state index contributed by atoms with van der Waals surface area (Å²) >= 11 is 0. The highest BCUT2D eigenvalue weighted by molar-refractivity contribution is 6.99. The van der Waals surface area contributed by atoms with E-state index >= 15 is 0 Å². The third-order valence-electron chi connectivity index (χ3n) is 8.97. The lowest BCUT2D eigenvalue weighted by Gasteiger charge is -2.33. The number of ether oxygens (including phenoxy) is 1. The number of rotatable bonds is 1. The van der Waals surface area contributed by atoms with E-state index in [0.29, 0.717) is 0 Å². The summed E-state index contributed by atoms with van der Waals surface area (Å²) in [6.45, 7) is 0.0866. The van der Waals surface area contributed by atoms with Gasteiger partial charge in [-0.05, 0) is 64.9 Å². The van der Waals surface area contributed by atoms with Crippen molar-refractivity contribution in [2.75, 3.05) is 0 Å². The van der Waals surface area contributed by atoms with Gasteiger partial charge in [0.05, 0.1) is 16.6 Å². The van der Waals surface area contributed by atoms with Crippen molar-refractivity contribution < 1.29 is 4.74 Å². The Balaban J connectivity index is 1.31. The van der Waals surface area contributed by atoms with Gasteiger partial charge in [-0.25, -0.2) is 0 Å². The van der Waals surface area contributed by atoms with Crippen LogP contribution in [0.2, 0.25) is 0 Å². The molecule has 0 spiro atoms. The maximum absolute atomic E-state index is 6.65. The summed E-state index contributed by atoms with van der Waals surface area (Å²) in [7, 11) is 0. The Bertz CT molecular complexity index is 2320. The van der Waals surface area contributed by atoms with Crippen molar-refractivity contribution in [2.24, 2.45) is 0 Å². The van der Waals surface area contributed by atoms with E-state index in [1.54, 1.807) is 0 Å². The van der Waals surface area contributed by atoms with Crippen molar-refractivity contribution >= 4 is 66.7 Å². The molecule has 6 aromatic carbocycles. The van der Waals surface area contributed by atoms with Crippen molar-refractivity contribution in [1.82, 2.24) is 9.13 Å². The smallest absolute Gasteiger partial charge is 0.256 e. The van der Waals surface area contributed by atoms with E-state index in [9.17, 15) is 0 Å². The quantitative estimate of drug-likeness (QED) is 0.223. The van der Waals surface area contributed by atoms with E-state index in [2.05, 4.69) is 137 Å². The lowest BCUT2D eigenvalue weighted by molar-refractivity contribution is 0.487. The normalized spacial score (nSPS) is 13.2. The second-order valence-electron chi connectivity index (χ2n) is 10.9. The van der Waals surface area contributed by atoms with Crippen LogP contribution >= 0.6 is 0 Å². The Morgan fingerprint density at radius 3 is 1.85 bits per heavy atom. The van der Waals surface area contributed by atoms with E-state index in [1.807, 2.05) is 0 Å². The van der Waals surface area contributed by atoms with Gasteiger partial charge < -0.3 is 13.9 Å². The van der Waals surface area contributed by atoms with Gasteiger partial charge in [0.2, 0.25) is 0 Å². The Hall–Kier alpha value is -5.22. The highest BCUT2D eigenvalue weighted by Crippen LogP contribution is 2.38. The minimum atomic E-state index is 0.0866. The number of para-hydroxylation sites is 4. The molecule has 0 bridgehead atoms. The van der Waals surface area contributed by atoms with E-state index in [0.717, 1.165) is 17.2 Å². The van der Waals surface area contributed by atoms with Gasteiger partial charge in [0.1, 0.15) is 11.5 Å². The zero-order chi connectivity index (χ0) is 25.9. The zero-order valence-corrected chi connectivity index (χ0v) is 21.5. The largest absolute Gasteiger partial charge is 0.458 e. The molecule has 2 aromatic heterocycles. The topological polar surface area (TPSA) is 19.1 Å². The third kappa shape index (κ3) is 2.43. The molecular formula is C36H21BN2O. The highest BCUT2D eigenvalue weighted by atomic mass is 16.5. The van der Waals surface area contributed by atoms with Crippen LogP contribution < -0.4 is 21.1 Å². The molecule has 0 aliphatic carbocycles. The van der Waals surface area contributed by atoms with Crippen molar-refractivity contribution in [2.45, 2.75) is 0 Å². The van der Waals surface area contributed by atoms with Gasteiger partial charge in [0, 0.05) is 38.4 Å². The highest BCUT2D eigenvalue weighted by Gasteiger charge is 2.40. The molecule has 2 aliphatic rings. The zero-order valence-electron chi connectivity index (χ0n) is 21.5. The summed E-state index contributed by atoms with van der Waals surface area (Å²) < 4.78 is 11.5. The molecule has 4 heterocycles. The number of fused-ring (bicyclic) bond motifs is 10. The first-order valence-electron chi connectivity index (χ1n) is 13.8. The van der Waals surface area contributed by atoms with Crippen molar-refractivity contribution in [3.63, 3.8) is 0 Å². The average molecular weight is 508 g/mol. The van der Waals surface area contributed by atoms with Crippen molar-refractivity contribution in [3.8, 4) is 22.9 Å². The Morgan fingerprint density at radius 2 is 1.10 bits per heavy atom. The Morgan fingerprint density at radius 1 is 0.475 bits per heavy atom.